The second kappa shape index (κ2) is 7.96. The van der Waals surface area contributed by atoms with Crippen molar-refractivity contribution in [1.82, 2.24) is 20.1 Å². The van der Waals surface area contributed by atoms with Crippen LogP contribution in [-0.4, -0.2) is 33.6 Å². The molecule has 6 heteroatoms. The van der Waals surface area contributed by atoms with Crippen LogP contribution in [0.5, 0.6) is 0 Å². The molecule has 0 saturated carbocycles. The van der Waals surface area contributed by atoms with Crippen molar-refractivity contribution < 1.29 is 0 Å². The predicted molar refractivity (Wildman–Crippen MR) is 91.8 cm³/mol. The Bertz CT molecular complexity index is 570. The quantitative estimate of drug-likeness (QED) is 0.758. The Balaban J connectivity index is 1.95. The first kappa shape index (κ1) is 16.5. The maximum Gasteiger partial charge on any atom is 0.138 e. The summed E-state index contributed by atoms with van der Waals surface area (Å²) >= 11 is 5.36. The molecule has 0 bridgehead atoms. The minimum atomic E-state index is 0.345. The fourth-order valence-corrected chi connectivity index (χ4v) is 3.68. The van der Waals surface area contributed by atoms with E-state index in [-0.39, 0.29) is 0 Å². The van der Waals surface area contributed by atoms with Gasteiger partial charge in [0, 0.05) is 33.6 Å². The molecule has 0 radical (unpaired) electrons. The normalized spacial score (nSPS) is 12.8. The van der Waals surface area contributed by atoms with Crippen molar-refractivity contribution in [3.05, 3.63) is 40.9 Å². The summed E-state index contributed by atoms with van der Waals surface area (Å²) in [5.74, 6) is 2.04. The largest absolute Gasteiger partial charge is 0.316 e. The fourth-order valence-electron chi connectivity index (χ4n) is 2.07. The lowest BCUT2D eigenvalue weighted by atomic mass is 10.2. The number of nitrogens with one attached hydrogen (secondary N) is 1. The molecule has 1 N–H and O–H groups in total. The lowest BCUT2D eigenvalue weighted by Crippen LogP contribution is -2.31. The van der Waals surface area contributed by atoms with Crippen molar-refractivity contribution in [2.45, 2.75) is 37.2 Å². The van der Waals surface area contributed by atoms with E-state index in [1.54, 1.807) is 6.33 Å². The van der Waals surface area contributed by atoms with Gasteiger partial charge in [-0.25, -0.2) is 9.67 Å². The minimum Gasteiger partial charge on any atom is -0.316 e. The molecule has 0 aliphatic heterocycles. The highest BCUT2D eigenvalue weighted by molar-refractivity contribution is 9.10. The van der Waals surface area contributed by atoms with Gasteiger partial charge in [0.25, 0.3) is 0 Å². The van der Waals surface area contributed by atoms with Gasteiger partial charge in [0.2, 0.25) is 0 Å². The van der Waals surface area contributed by atoms with E-state index in [9.17, 15) is 0 Å². The third-order valence-electron chi connectivity index (χ3n) is 3.22. The van der Waals surface area contributed by atoms with Crippen molar-refractivity contribution in [2.24, 2.45) is 0 Å². The van der Waals surface area contributed by atoms with Gasteiger partial charge in [-0.1, -0.05) is 22.0 Å². The molecule has 1 aromatic carbocycles. The maximum absolute atomic E-state index is 4.39. The molecule has 0 fully saturated rings. The molecule has 4 nitrogen and oxygen atoms in total. The third kappa shape index (κ3) is 4.83. The number of nitrogens with zero attached hydrogens (tertiary/aromatic N) is 3. The van der Waals surface area contributed by atoms with Gasteiger partial charge in [0.1, 0.15) is 12.2 Å². The summed E-state index contributed by atoms with van der Waals surface area (Å²) in [6, 6.07) is 9.11. The van der Waals surface area contributed by atoms with Crippen LogP contribution >= 0.6 is 27.7 Å². The molecule has 2 rings (SSSR count). The second-order valence-corrected chi connectivity index (χ2v) is 7.18. The number of halogens is 1. The molecule has 2 aromatic rings. The van der Waals surface area contributed by atoms with E-state index >= 15 is 0 Å². The molecule has 1 aromatic heterocycles. The van der Waals surface area contributed by atoms with Crippen LogP contribution in [0.3, 0.4) is 0 Å². The Labute approximate surface area is 138 Å². The third-order valence-corrected chi connectivity index (χ3v) is 4.87. The lowest BCUT2D eigenvalue weighted by Gasteiger charge is -2.17. The van der Waals surface area contributed by atoms with E-state index in [1.165, 1.54) is 4.90 Å². The van der Waals surface area contributed by atoms with Gasteiger partial charge in [-0.2, -0.15) is 5.10 Å². The van der Waals surface area contributed by atoms with Crippen molar-refractivity contribution in [3.8, 4) is 0 Å². The van der Waals surface area contributed by atoms with Crippen molar-refractivity contribution in [1.29, 1.82) is 0 Å². The van der Waals surface area contributed by atoms with Crippen molar-refractivity contribution in [3.63, 3.8) is 0 Å². The zero-order chi connectivity index (χ0) is 15.2. The van der Waals surface area contributed by atoms with E-state index in [0.29, 0.717) is 12.1 Å². The summed E-state index contributed by atoms with van der Waals surface area (Å²) in [5, 5.41) is 7.68. The summed E-state index contributed by atoms with van der Waals surface area (Å²) in [6.07, 6.45) is 2.53. The Kier molecular flexibility index (Phi) is 6.26. The summed E-state index contributed by atoms with van der Waals surface area (Å²) in [4.78, 5) is 5.66. The Morgan fingerprint density at radius 1 is 1.38 bits per heavy atom. The minimum absolute atomic E-state index is 0.345. The number of thioether (sulfide) groups is 1. The molecule has 0 aliphatic rings. The van der Waals surface area contributed by atoms with Gasteiger partial charge in [0.15, 0.2) is 0 Å². The summed E-state index contributed by atoms with van der Waals surface area (Å²) in [5.41, 5.74) is 0. The Hall–Kier alpha value is -0.850. The monoisotopic (exact) mass is 368 g/mol. The molecule has 0 amide bonds. The lowest BCUT2D eigenvalue weighted by molar-refractivity contribution is 0.484. The molecule has 0 spiro atoms. The van der Waals surface area contributed by atoms with Crippen LogP contribution in [0.25, 0.3) is 0 Å². The van der Waals surface area contributed by atoms with Crippen LogP contribution in [0.2, 0.25) is 0 Å². The zero-order valence-electron chi connectivity index (χ0n) is 12.6. The number of rotatable bonds is 7. The molecule has 0 saturated heterocycles. The number of benzene rings is 1. The van der Waals surface area contributed by atoms with Gasteiger partial charge < -0.3 is 5.32 Å². The highest BCUT2D eigenvalue weighted by Crippen LogP contribution is 2.23. The van der Waals surface area contributed by atoms with E-state index in [0.717, 1.165) is 22.5 Å². The van der Waals surface area contributed by atoms with Gasteiger partial charge in [-0.15, -0.1) is 11.8 Å². The Morgan fingerprint density at radius 2 is 2.19 bits per heavy atom. The van der Waals surface area contributed by atoms with Crippen LogP contribution in [-0.2, 0) is 6.42 Å². The summed E-state index contributed by atoms with van der Waals surface area (Å²) < 4.78 is 3.11. The number of aromatic nitrogens is 3. The molecule has 1 heterocycles. The van der Waals surface area contributed by atoms with Crippen LogP contribution in [0.4, 0.5) is 0 Å². The number of hydrogen-bond acceptors (Lipinski definition) is 4. The van der Waals surface area contributed by atoms with E-state index < -0.39 is 0 Å². The second-order valence-electron chi connectivity index (χ2n) is 5.17. The van der Waals surface area contributed by atoms with E-state index in [1.807, 2.05) is 29.6 Å². The predicted octanol–water partition coefficient (Wildman–Crippen LogP) is 3.54. The topological polar surface area (TPSA) is 42.7 Å². The molecule has 1 atom stereocenters. The average Bonchev–Trinajstić information content (AvgIpc) is 2.91. The van der Waals surface area contributed by atoms with Gasteiger partial charge in [-0.3, -0.25) is 0 Å². The first-order chi connectivity index (χ1) is 10.1. The van der Waals surface area contributed by atoms with Gasteiger partial charge in [0.05, 0.1) is 0 Å². The van der Waals surface area contributed by atoms with Crippen molar-refractivity contribution in [2.75, 3.05) is 12.8 Å². The first-order valence-electron chi connectivity index (χ1n) is 7.04. The molecule has 1 unspecified atom stereocenters. The van der Waals surface area contributed by atoms with Gasteiger partial charge in [-0.05, 0) is 39.1 Å². The summed E-state index contributed by atoms with van der Waals surface area (Å²) in [6.45, 7) is 4.26. The molecule has 21 heavy (non-hydrogen) atoms. The molecular formula is C15H21BrN4S. The smallest absolute Gasteiger partial charge is 0.138 e. The first-order valence-corrected chi connectivity index (χ1v) is 8.82. The fraction of sp³-hybridized carbons (Fsp3) is 0.467. The van der Waals surface area contributed by atoms with Crippen LogP contribution in [0, 0.1) is 0 Å². The van der Waals surface area contributed by atoms with Crippen LogP contribution in [0.1, 0.15) is 25.7 Å². The highest BCUT2D eigenvalue weighted by atomic mass is 79.9. The standard InChI is InChI=1S/C15H21BrN4S/c1-11(2)20-15(18-10-19-20)8-13(17-3)9-21-14-6-4-5-12(16)7-14/h4-7,10-11,13,17H,8-9H2,1-3H3. The van der Waals surface area contributed by atoms with Crippen LogP contribution < -0.4 is 5.32 Å². The molecular weight excluding hydrogens is 348 g/mol. The average molecular weight is 369 g/mol. The molecule has 114 valence electrons. The van der Waals surface area contributed by atoms with Crippen LogP contribution in [0.15, 0.2) is 40.0 Å². The van der Waals surface area contributed by atoms with E-state index in [4.69, 9.17) is 0 Å². The van der Waals surface area contributed by atoms with Gasteiger partial charge >= 0.3 is 0 Å². The maximum atomic E-state index is 4.39. The Morgan fingerprint density at radius 3 is 2.86 bits per heavy atom. The molecule has 0 aliphatic carbocycles. The SMILES string of the molecule is CNC(CSc1cccc(Br)c1)Cc1ncnn1C(C)C. The van der Waals surface area contributed by atoms with E-state index in [2.05, 4.69) is 63.4 Å². The van der Waals surface area contributed by atoms with Crippen molar-refractivity contribution >= 4 is 27.7 Å². The summed E-state index contributed by atoms with van der Waals surface area (Å²) in [7, 11) is 2.00. The zero-order valence-corrected chi connectivity index (χ0v) is 15.0. The number of hydrogen-bond donors (Lipinski definition) is 1. The highest BCUT2D eigenvalue weighted by Gasteiger charge is 2.14. The number of likely N-dealkylation sites (N-methyl/N-ethyl adjacent to an activating group) is 1.